The maximum atomic E-state index is 10.5. The smallest absolute Gasteiger partial charge is 0.258 e. The fourth-order valence-corrected chi connectivity index (χ4v) is 2.29. The molecular formula is C11H15BrN2O2. The molecule has 0 radical (unpaired) electrons. The van der Waals surface area contributed by atoms with Crippen LogP contribution in [-0.2, 0) is 6.42 Å². The predicted molar refractivity (Wildman–Crippen MR) is 67.0 cm³/mol. The summed E-state index contributed by atoms with van der Waals surface area (Å²) in [7, 11) is 0. The number of nitrogens with zero attached hydrogens (tertiary/aromatic N) is 2. The molecule has 0 saturated carbocycles. The van der Waals surface area contributed by atoms with Crippen LogP contribution in [0.15, 0.2) is 12.3 Å². The van der Waals surface area contributed by atoms with Gasteiger partial charge in [0.25, 0.3) is 5.69 Å². The van der Waals surface area contributed by atoms with E-state index in [1.54, 1.807) is 6.07 Å². The highest BCUT2D eigenvalue weighted by Gasteiger charge is 2.12. The Morgan fingerprint density at radius 2 is 2.31 bits per heavy atom. The Balaban J connectivity index is 2.79. The van der Waals surface area contributed by atoms with Crippen molar-refractivity contribution in [2.75, 3.05) is 0 Å². The quantitative estimate of drug-likeness (QED) is 0.474. The number of hydrogen-bond acceptors (Lipinski definition) is 3. The highest BCUT2D eigenvalue weighted by Crippen LogP contribution is 2.19. The molecule has 0 fully saturated rings. The Morgan fingerprint density at radius 1 is 1.62 bits per heavy atom. The molecule has 1 unspecified atom stereocenters. The number of rotatable bonds is 5. The van der Waals surface area contributed by atoms with Crippen LogP contribution in [0.4, 0.5) is 5.69 Å². The third-order valence-electron chi connectivity index (χ3n) is 2.40. The lowest BCUT2D eigenvalue weighted by molar-refractivity contribution is -0.385. The lowest BCUT2D eigenvalue weighted by atomic mass is 10.1. The Hall–Kier alpha value is -0.970. The van der Waals surface area contributed by atoms with E-state index in [0.29, 0.717) is 4.83 Å². The summed E-state index contributed by atoms with van der Waals surface area (Å²) in [6, 6.07) is 1.58. The van der Waals surface area contributed by atoms with Crippen LogP contribution in [0.2, 0.25) is 0 Å². The minimum Gasteiger partial charge on any atom is -0.258 e. The van der Waals surface area contributed by atoms with Crippen LogP contribution < -0.4 is 0 Å². The van der Waals surface area contributed by atoms with Crippen molar-refractivity contribution in [3.63, 3.8) is 0 Å². The van der Waals surface area contributed by atoms with Gasteiger partial charge in [-0.3, -0.25) is 15.1 Å². The number of halogens is 1. The summed E-state index contributed by atoms with van der Waals surface area (Å²) in [6.45, 7) is 3.99. The molecule has 1 atom stereocenters. The molecule has 0 aliphatic rings. The van der Waals surface area contributed by atoms with Gasteiger partial charge in [0.1, 0.15) is 6.20 Å². The molecule has 1 aromatic rings. The summed E-state index contributed by atoms with van der Waals surface area (Å²) in [5.74, 6) is 0. The molecule has 1 heterocycles. The molecule has 0 bridgehead atoms. The van der Waals surface area contributed by atoms with Gasteiger partial charge in [0.15, 0.2) is 0 Å². The zero-order chi connectivity index (χ0) is 12.1. The summed E-state index contributed by atoms with van der Waals surface area (Å²) in [5, 5.41) is 10.5. The van der Waals surface area contributed by atoms with Crippen molar-refractivity contribution in [2.24, 2.45) is 0 Å². The number of alkyl halides is 1. The second-order valence-corrected chi connectivity index (χ2v) is 5.10. The predicted octanol–water partition coefficient (Wildman–Crippen LogP) is 3.40. The Bertz CT molecular complexity index is 382. The summed E-state index contributed by atoms with van der Waals surface area (Å²) in [4.78, 5) is 14.7. The summed E-state index contributed by atoms with van der Waals surface area (Å²) >= 11 is 3.58. The average molecular weight is 287 g/mol. The van der Waals surface area contributed by atoms with E-state index in [1.807, 2.05) is 6.92 Å². The summed E-state index contributed by atoms with van der Waals surface area (Å²) in [5.41, 5.74) is 1.87. The average Bonchev–Trinajstić information content (AvgIpc) is 2.21. The molecule has 16 heavy (non-hydrogen) atoms. The standard InChI is InChI=1S/C11H15BrN2O2/c1-3-4-9(12)6-11-8(2)5-10(7-13-11)14(15)16/h5,7,9H,3-4,6H2,1-2H3. The lowest BCUT2D eigenvalue weighted by Gasteiger charge is -2.09. The van der Waals surface area contributed by atoms with Gasteiger partial charge in [0, 0.05) is 23.0 Å². The van der Waals surface area contributed by atoms with Gasteiger partial charge in [-0.05, 0) is 18.9 Å². The molecular weight excluding hydrogens is 272 g/mol. The largest absolute Gasteiger partial charge is 0.287 e. The number of pyridine rings is 1. The molecule has 0 spiro atoms. The van der Waals surface area contributed by atoms with Gasteiger partial charge in [0.05, 0.1) is 4.92 Å². The fourth-order valence-electron chi connectivity index (χ4n) is 1.53. The fraction of sp³-hybridized carbons (Fsp3) is 0.545. The van der Waals surface area contributed by atoms with Crippen molar-refractivity contribution in [1.82, 2.24) is 4.98 Å². The van der Waals surface area contributed by atoms with E-state index in [-0.39, 0.29) is 5.69 Å². The van der Waals surface area contributed by atoms with Crippen LogP contribution in [0.5, 0.6) is 0 Å². The van der Waals surface area contributed by atoms with Crippen molar-refractivity contribution >= 4 is 21.6 Å². The van der Waals surface area contributed by atoms with Crippen molar-refractivity contribution < 1.29 is 4.92 Å². The molecule has 5 heteroatoms. The Morgan fingerprint density at radius 3 is 2.81 bits per heavy atom. The molecule has 0 saturated heterocycles. The van der Waals surface area contributed by atoms with Crippen LogP contribution in [0.3, 0.4) is 0 Å². The highest BCUT2D eigenvalue weighted by molar-refractivity contribution is 9.09. The number of nitro groups is 1. The van der Waals surface area contributed by atoms with E-state index in [9.17, 15) is 10.1 Å². The first-order valence-corrected chi connectivity index (χ1v) is 6.20. The molecule has 0 aromatic carbocycles. The van der Waals surface area contributed by atoms with Crippen LogP contribution in [0.1, 0.15) is 31.0 Å². The van der Waals surface area contributed by atoms with Crippen molar-refractivity contribution in [1.29, 1.82) is 0 Å². The summed E-state index contributed by atoms with van der Waals surface area (Å²) in [6.07, 6.45) is 4.34. The van der Waals surface area contributed by atoms with Crippen molar-refractivity contribution in [3.8, 4) is 0 Å². The van der Waals surface area contributed by atoms with Gasteiger partial charge in [-0.25, -0.2) is 0 Å². The van der Waals surface area contributed by atoms with Gasteiger partial charge in [-0.15, -0.1) is 0 Å². The number of aromatic nitrogens is 1. The lowest BCUT2D eigenvalue weighted by Crippen LogP contribution is -2.06. The second-order valence-electron chi connectivity index (χ2n) is 3.80. The van der Waals surface area contributed by atoms with Crippen LogP contribution >= 0.6 is 15.9 Å². The minimum atomic E-state index is -0.415. The number of hydrogen-bond donors (Lipinski definition) is 0. The van der Waals surface area contributed by atoms with Gasteiger partial charge in [0.2, 0.25) is 0 Å². The van der Waals surface area contributed by atoms with E-state index >= 15 is 0 Å². The maximum absolute atomic E-state index is 10.5. The van der Waals surface area contributed by atoms with Crippen LogP contribution in [-0.4, -0.2) is 14.7 Å². The Labute approximate surface area is 103 Å². The molecule has 4 nitrogen and oxygen atoms in total. The molecule has 1 rings (SSSR count). The van der Waals surface area contributed by atoms with Crippen molar-refractivity contribution in [3.05, 3.63) is 33.6 Å². The molecule has 1 aromatic heterocycles. The van der Waals surface area contributed by atoms with Crippen LogP contribution in [0, 0.1) is 17.0 Å². The monoisotopic (exact) mass is 286 g/mol. The summed E-state index contributed by atoms with van der Waals surface area (Å²) < 4.78 is 0. The first kappa shape index (κ1) is 13.1. The van der Waals surface area contributed by atoms with E-state index in [1.165, 1.54) is 6.20 Å². The van der Waals surface area contributed by atoms with Gasteiger partial charge in [-0.2, -0.15) is 0 Å². The maximum Gasteiger partial charge on any atom is 0.287 e. The molecule has 0 amide bonds. The zero-order valence-electron chi connectivity index (χ0n) is 9.44. The Kier molecular flexibility index (Phi) is 4.86. The molecule has 0 aliphatic heterocycles. The SMILES string of the molecule is CCCC(Br)Cc1ncc([N+](=O)[O-])cc1C. The van der Waals surface area contributed by atoms with Crippen LogP contribution in [0.25, 0.3) is 0 Å². The van der Waals surface area contributed by atoms with Gasteiger partial charge in [-0.1, -0.05) is 29.3 Å². The van der Waals surface area contributed by atoms with E-state index in [2.05, 4.69) is 27.8 Å². The third-order valence-corrected chi connectivity index (χ3v) is 3.18. The topological polar surface area (TPSA) is 56.0 Å². The third kappa shape index (κ3) is 3.56. The first-order valence-electron chi connectivity index (χ1n) is 5.28. The van der Waals surface area contributed by atoms with E-state index in [4.69, 9.17) is 0 Å². The van der Waals surface area contributed by atoms with Crippen molar-refractivity contribution in [2.45, 2.75) is 37.9 Å². The van der Waals surface area contributed by atoms with Gasteiger partial charge < -0.3 is 0 Å². The van der Waals surface area contributed by atoms with E-state index in [0.717, 1.165) is 30.5 Å². The zero-order valence-corrected chi connectivity index (χ0v) is 11.0. The highest BCUT2D eigenvalue weighted by atomic mass is 79.9. The second kappa shape index (κ2) is 5.94. The number of aryl methyl sites for hydroxylation is 1. The van der Waals surface area contributed by atoms with Gasteiger partial charge >= 0.3 is 0 Å². The normalized spacial score (nSPS) is 12.4. The minimum absolute atomic E-state index is 0.0582. The first-order chi connectivity index (χ1) is 7.54. The molecule has 0 aliphatic carbocycles. The van der Waals surface area contributed by atoms with E-state index < -0.39 is 4.92 Å². The molecule has 88 valence electrons. The molecule has 0 N–H and O–H groups in total.